The van der Waals surface area contributed by atoms with Gasteiger partial charge in [0.15, 0.2) is 0 Å². The summed E-state index contributed by atoms with van der Waals surface area (Å²) in [6.45, 7) is 1.00. The minimum atomic E-state index is 0.762. The van der Waals surface area contributed by atoms with Crippen LogP contribution in [0.15, 0.2) is 4.42 Å². The van der Waals surface area contributed by atoms with Crippen molar-refractivity contribution in [2.45, 2.75) is 57.8 Å². The molecule has 4 heteroatoms. The summed E-state index contributed by atoms with van der Waals surface area (Å²) >= 11 is 0. The van der Waals surface area contributed by atoms with Gasteiger partial charge in [0.05, 0.1) is 0 Å². The minimum absolute atomic E-state index is 0.762. The molecule has 1 heterocycles. The maximum Gasteiger partial charge on any atom is 0.216 e. The molecule has 0 aliphatic heterocycles. The van der Waals surface area contributed by atoms with E-state index in [1.807, 2.05) is 7.05 Å². The Labute approximate surface area is 110 Å². The van der Waals surface area contributed by atoms with E-state index in [9.17, 15) is 0 Å². The molecule has 102 valence electrons. The van der Waals surface area contributed by atoms with Gasteiger partial charge in [-0.05, 0) is 38.8 Å². The van der Waals surface area contributed by atoms with Crippen molar-refractivity contribution < 1.29 is 4.42 Å². The van der Waals surface area contributed by atoms with Crippen molar-refractivity contribution in [1.82, 2.24) is 15.5 Å². The number of rotatable bonds is 6. The molecule has 1 aliphatic rings. The zero-order valence-corrected chi connectivity index (χ0v) is 11.5. The Morgan fingerprint density at radius 3 is 2.56 bits per heavy atom. The fraction of sp³-hybridized carbons (Fsp3) is 0.857. The summed E-state index contributed by atoms with van der Waals surface area (Å²) in [6.07, 6.45) is 11.1. The summed E-state index contributed by atoms with van der Waals surface area (Å²) in [4.78, 5) is 0. The fourth-order valence-corrected chi connectivity index (χ4v) is 2.70. The lowest BCUT2D eigenvalue weighted by molar-refractivity contribution is 0.378. The molecule has 0 saturated heterocycles. The molecular formula is C14H25N3O. The molecule has 1 N–H and O–H groups in total. The van der Waals surface area contributed by atoms with E-state index in [-0.39, 0.29) is 0 Å². The Kier molecular flexibility index (Phi) is 5.65. The third-order valence-corrected chi connectivity index (χ3v) is 3.76. The molecule has 2 rings (SSSR count). The van der Waals surface area contributed by atoms with Gasteiger partial charge >= 0.3 is 0 Å². The molecule has 0 radical (unpaired) electrons. The van der Waals surface area contributed by atoms with E-state index >= 15 is 0 Å². The topological polar surface area (TPSA) is 51.0 Å². The van der Waals surface area contributed by atoms with Gasteiger partial charge in [-0.3, -0.25) is 0 Å². The summed E-state index contributed by atoms with van der Waals surface area (Å²) < 4.78 is 5.72. The molecule has 18 heavy (non-hydrogen) atoms. The van der Waals surface area contributed by atoms with Crippen molar-refractivity contribution in [2.24, 2.45) is 5.92 Å². The van der Waals surface area contributed by atoms with E-state index < -0.39 is 0 Å². The number of nitrogens with one attached hydrogen (secondary N) is 1. The van der Waals surface area contributed by atoms with Crippen LogP contribution in [0.1, 0.15) is 56.7 Å². The molecule has 0 aromatic carbocycles. The van der Waals surface area contributed by atoms with Crippen molar-refractivity contribution >= 4 is 0 Å². The van der Waals surface area contributed by atoms with Crippen molar-refractivity contribution in [3.63, 3.8) is 0 Å². The Balaban J connectivity index is 1.78. The summed E-state index contributed by atoms with van der Waals surface area (Å²) in [5.41, 5.74) is 0. The minimum Gasteiger partial charge on any atom is -0.425 e. The second-order valence-electron chi connectivity index (χ2n) is 5.36. The molecule has 0 atom stereocenters. The van der Waals surface area contributed by atoms with E-state index in [4.69, 9.17) is 4.42 Å². The average molecular weight is 251 g/mol. The molecule has 1 saturated carbocycles. The first-order chi connectivity index (χ1) is 8.88. The predicted octanol–water partition coefficient (Wildman–Crippen LogP) is 2.73. The summed E-state index contributed by atoms with van der Waals surface area (Å²) in [7, 11) is 1.96. The van der Waals surface area contributed by atoms with Gasteiger partial charge < -0.3 is 9.73 Å². The molecule has 0 bridgehead atoms. The standard InChI is InChI=1S/C14H25N3O/c1-15-10-6-9-13-16-17-14(18-13)11-12-7-4-2-3-5-8-12/h12,15H,2-11H2,1H3. The molecular weight excluding hydrogens is 226 g/mol. The van der Waals surface area contributed by atoms with Gasteiger partial charge in [-0.25, -0.2) is 0 Å². The van der Waals surface area contributed by atoms with Gasteiger partial charge in [0.25, 0.3) is 0 Å². The van der Waals surface area contributed by atoms with Crippen molar-refractivity contribution in [3.8, 4) is 0 Å². The van der Waals surface area contributed by atoms with E-state index in [1.165, 1.54) is 38.5 Å². The monoisotopic (exact) mass is 251 g/mol. The van der Waals surface area contributed by atoms with Crippen LogP contribution in [0, 0.1) is 5.92 Å². The Bertz CT molecular complexity index is 330. The van der Waals surface area contributed by atoms with Crippen molar-refractivity contribution in [1.29, 1.82) is 0 Å². The average Bonchev–Trinajstić information content (AvgIpc) is 2.65. The lowest BCUT2D eigenvalue weighted by Crippen LogP contribution is -2.08. The van der Waals surface area contributed by atoms with Crippen molar-refractivity contribution in [2.75, 3.05) is 13.6 Å². The van der Waals surface area contributed by atoms with Gasteiger partial charge in [0.1, 0.15) is 0 Å². The van der Waals surface area contributed by atoms with E-state index in [2.05, 4.69) is 15.5 Å². The fourth-order valence-electron chi connectivity index (χ4n) is 2.70. The van der Waals surface area contributed by atoms with Crippen LogP contribution in [0.25, 0.3) is 0 Å². The van der Waals surface area contributed by atoms with Gasteiger partial charge in [-0.2, -0.15) is 0 Å². The summed E-state index contributed by atoms with van der Waals surface area (Å²) in [5, 5.41) is 11.4. The lowest BCUT2D eigenvalue weighted by atomic mass is 9.97. The van der Waals surface area contributed by atoms with Crippen LogP contribution in [-0.2, 0) is 12.8 Å². The summed E-state index contributed by atoms with van der Waals surface area (Å²) in [6, 6.07) is 0. The number of hydrogen-bond donors (Lipinski definition) is 1. The van der Waals surface area contributed by atoms with E-state index in [0.29, 0.717) is 0 Å². The first kappa shape index (κ1) is 13.5. The first-order valence-corrected chi connectivity index (χ1v) is 7.34. The molecule has 1 aromatic heterocycles. The van der Waals surface area contributed by atoms with Crippen LogP contribution in [0.5, 0.6) is 0 Å². The number of aromatic nitrogens is 2. The quantitative estimate of drug-likeness (QED) is 0.624. The van der Waals surface area contributed by atoms with Crippen LogP contribution in [0.2, 0.25) is 0 Å². The van der Waals surface area contributed by atoms with Gasteiger partial charge in [0, 0.05) is 12.8 Å². The van der Waals surface area contributed by atoms with E-state index in [1.54, 1.807) is 0 Å². The molecule has 1 aliphatic carbocycles. The number of aryl methyl sites for hydroxylation is 1. The largest absolute Gasteiger partial charge is 0.425 e. The third-order valence-electron chi connectivity index (χ3n) is 3.76. The zero-order chi connectivity index (χ0) is 12.6. The molecule has 4 nitrogen and oxygen atoms in total. The zero-order valence-electron chi connectivity index (χ0n) is 11.5. The number of hydrogen-bond acceptors (Lipinski definition) is 4. The van der Waals surface area contributed by atoms with Crippen LogP contribution in [0.4, 0.5) is 0 Å². The smallest absolute Gasteiger partial charge is 0.216 e. The first-order valence-electron chi connectivity index (χ1n) is 7.34. The maximum absolute atomic E-state index is 5.72. The highest BCUT2D eigenvalue weighted by Crippen LogP contribution is 2.25. The Hall–Kier alpha value is -0.900. The highest BCUT2D eigenvalue weighted by Gasteiger charge is 2.16. The normalized spacial score (nSPS) is 17.8. The predicted molar refractivity (Wildman–Crippen MR) is 71.4 cm³/mol. The van der Waals surface area contributed by atoms with E-state index in [0.717, 1.165) is 43.5 Å². The summed E-state index contributed by atoms with van der Waals surface area (Å²) in [5.74, 6) is 2.41. The molecule has 0 unspecified atom stereocenters. The van der Waals surface area contributed by atoms with Gasteiger partial charge in [0.2, 0.25) is 11.8 Å². The lowest BCUT2D eigenvalue weighted by Gasteiger charge is -2.10. The van der Waals surface area contributed by atoms with Gasteiger partial charge in [-0.15, -0.1) is 10.2 Å². The highest BCUT2D eigenvalue weighted by atomic mass is 16.4. The Morgan fingerprint density at radius 1 is 1.11 bits per heavy atom. The van der Waals surface area contributed by atoms with Gasteiger partial charge in [-0.1, -0.05) is 25.7 Å². The van der Waals surface area contributed by atoms with Crippen LogP contribution in [-0.4, -0.2) is 23.8 Å². The molecule has 0 spiro atoms. The van der Waals surface area contributed by atoms with Crippen LogP contribution in [0.3, 0.4) is 0 Å². The van der Waals surface area contributed by atoms with Crippen LogP contribution >= 0.6 is 0 Å². The third kappa shape index (κ3) is 4.41. The SMILES string of the molecule is CNCCCc1nnc(CC2CCCCCC2)o1. The second-order valence-corrected chi connectivity index (χ2v) is 5.36. The van der Waals surface area contributed by atoms with Crippen LogP contribution < -0.4 is 5.32 Å². The maximum atomic E-state index is 5.72. The molecule has 1 aromatic rings. The van der Waals surface area contributed by atoms with Crippen molar-refractivity contribution in [3.05, 3.63) is 11.8 Å². The molecule has 0 amide bonds. The molecule has 1 fully saturated rings. The Morgan fingerprint density at radius 2 is 1.83 bits per heavy atom. The second kappa shape index (κ2) is 7.52. The highest BCUT2D eigenvalue weighted by molar-refractivity contribution is 4.85. The number of nitrogens with zero attached hydrogens (tertiary/aromatic N) is 2.